The number of benzene rings is 1. The predicted molar refractivity (Wildman–Crippen MR) is 97.4 cm³/mol. The molecular weight excluding hydrogens is 354 g/mol. The third-order valence-electron chi connectivity index (χ3n) is 4.16. The molecule has 0 saturated heterocycles. The number of halogens is 1. The molecule has 0 atom stereocenters. The van der Waals surface area contributed by atoms with Crippen molar-refractivity contribution in [2.45, 2.75) is 12.8 Å². The van der Waals surface area contributed by atoms with Gasteiger partial charge in [0.1, 0.15) is 5.76 Å². The van der Waals surface area contributed by atoms with Crippen LogP contribution in [0.5, 0.6) is 0 Å². The Morgan fingerprint density at radius 3 is 3.04 bits per heavy atom. The molecule has 7 heteroatoms. The molecule has 3 aromatic heterocycles. The van der Waals surface area contributed by atoms with Crippen LogP contribution in [0.4, 0.5) is 0 Å². The van der Waals surface area contributed by atoms with Gasteiger partial charge < -0.3 is 19.2 Å². The summed E-state index contributed by atoms with van der Waals surface area (Å²) in [4.78, 5) is 15.4. The van der Waals surface area contributed by atoms with Crippen molar-refractivity contribution >= 4 is 28.4 Å². The molecule has 0 bridgehead atoms. The number of aromatic amines is 1. The molecule has 132 valence electrons. The van der Waals surface area contributed by atoms with E-state index < -0.39 is 0 Å². The maximum atomic E-state index is 12.2. The van der Waals surface area contributed by atoms with Crippen molar-refractivity contribution < 1.29 is 13.7 Å². The van der Waals surface area contributed by atoms with E-state index in [9.17, 15) is 4.79 Å². The second-order valence-electron chi connectivity index (χ2n) is 6.00. The largest absolute Gasteiger partial charge is 0.472 e. The van der Waals surface area contributed by atoms with Crippen molar-refractivity contribution in [1.29, 1.82) is 0 Å². The van der Waals surface area contributed by atoms with Gasteiger partial charge in [0.15, 0.2) is 5.69 Å². The van der Waals surface area contributed by atoms with Crippen molar-refractivity contribution in [2.75, 3.05) is 6.54 Å². The van der Waals surface area contributed by atoms with Gasteiger partial charge in [-0.15, -0.1) is 0 Å². The Labute approximate surface area is 154 Å². The molecule has 0 saturated carbocycles. The minimum absolute atomic E-state index is 0.259. The molecule has 4 rings (SSSR count). The summed E-state index contributed by atoms with van der Waals surface area (Å²) in [5.74, 6) is 0.355. The van der Waals surface area contributed by atoms with Gasteiger partial charge in [-0.05, 0) is 41.8 Å². The molecule has 0 aliphatic heterocycles. The lowest BCUT2D eigenvalue weighted by atomic mass is 10.1. The van der Waals surface area contributed by atoms with E-state index in [1.54, 1.807) is 18.6 Å². The van der Waals surface area contributed by atoms with Crippen molar-refractivity contribution in [1.82, 2.24) is 15.5 Å². The molecule has 1 amide bonds. The molecule has 0 radical (unpaired) electrons. The second-order valence-corrected chi connectivity index (χ2v) is 6.43. The molecule has 3 heterocycles. The third kappa shape index (κ3) is 3.50. The van der Waals surface area contributed by atoms with Crippen LogP contribution in [-0.4, -0.2) is 22.6 Å². The van der Waals surface area contributed by atoms with E-state index in [0.29, 0.717) is 30.2 Å². The van der Waals surface area contributed by atoms with Gasteiger partial charge in [0, 0.05) is 41.2 Å². The highest BCUT2D eigenvalue weighted by Gasteiger charge is 2.13. The molecule has 0 spiro atoms. The average molecular weight is 370 g/mol. The first kappa shape index (κ1) is 16.5. The fourth-order valence-electron chi connectivity index (χ4n) is 2.86. The minimum Gasteiger partial charge on any atom is -0.472 e. The molecule has 0 unspecified atom stereocenters. The first-order chi connectivity index (χ1) is 12.7. The van der Waals surface area contributed by atoms with Crippen LogP contribution in [-0.2, 0) is 12.8 Å². The average Bonchev–Trinajstić information content (AvgIpc) is 3.37. The number of nitrogens with zero attached hydrogens (tertiary/aromatic N) is 1. The number of amides is 1. The van der Waals surface area contributed by atoms with E-state index >= 15 is 0 Å². The smallest absolute Gasteiger partial charge is 0.273 e. The number of H-pyrrole nitrogens is 1. The Morgan fingerprint density at radius 2 is 2.19 bits per heavy atom. The molecule has 26 heavy (non-hydrogen) atoms. The zero-order chi connectivity index (χ0) is 17.9. The standard InChI is InChI=1S/C19H16ClN3O3/c20-14-1-2-17-16(8-14)13(10-22-17)3-5-21-19(24)18-9-15(26-23-18)7-12-4-6-25-11-12/h1-2,4,6,8-11,22H,3,5,7H2,(H,21,24). The summed E-state index contributed by atoms with van der Waals surface area (Å²) >= 11 is 6.06. The van der Waals surface area contributed by atoms with Crippen LogP contribution in [0.3, 0.4) is 0 Å². The van der Waals surface area contributed by atoms with Gasteiger partial charge in [-0.2, -0.15) is 0 Å². The summed E-state index contributed by atoms with van der Waals surface area (Å²) < 4.78 is 10.2. The van der Waals surface area contributed by atoms with E-state index in [2.05, 4.69) is 15.5 Å². The number of hydrogen-bond acceptors (Lipinski definition) is 4. The number of carbonyl (C=O) groups is 1. The summed E-state index contributed by atoms with van der Waals surface area (Å²) in [6.07, 6.45) is 6.39. The third-order valence-corrected chi connectivity index (χ3v) is 4.39. The van der Waals surface area contributed by atoms with Gasteiger partial charge in [0.2, 0.25) is 0 Å². The van der Waals surface area contributed by atoms with E-state index in [4.69, 9.17) is 20.5 Å². The lowest BCUT2D eigenvalue weighted by molar-refractivity contribution is 0.0945. The van der Waals surface area contributed by atoms with Crippen LogP contribution in [0.1, 0.15) is 27.4 Å². The van der Waals surface area contributed by atoms with Gasteiger partial charge in [-0.25, -0.2) is 0 Å². The summed E-state index contributed by atoms with van der Waals surface area (Å²) in [5.41, 5.74) is 3.36. The van der Waals surface area contributed by atoms with Crippen molar-refractivity contribution in [3.8, 4) is 0 Å². The number of fused-ring (bicyclic) bond motifs is 1. The van der Waals surface area contributed by atoms with Gasteiger partial charge in [0.05, 0.1) is 12.5 Å². The Kier molecular flexibility index (Phi) is 4.50. The van der Waals surface area contributed by atoms with Gasteiger partial charge in [-0.3, -0.25) is 4.79 Å². The maximum absolute atomic E-state index is 12.2. The molecule has 0 aliphatic rings. The lowest BCUT2D eigenvalue weighted by Crippen LogP contribution is -2.25. The summed E-state index contributed by atoms with van der Waals surface area (Å²) in [6, 6.07) is 9.20. The maximum Gasteiger partial charge on any atom is 0.273 e. The highest BCUT2D eigenvalue weighted by atomic mass is 35.5. The van der Waals surface area contributed by atoms with Crippen molar-refractivity contribution in [2.24, 2.45) is 0 Å². The SMILES string of the molecule is O=C(NCCc1c[nH]c2ccc(Cl)cc12)c1cc(Cc2ccoc2)on1. The summed E-state index contributed by atoms with van der Waals surface area (Å²) in [5, 5.41) is 8.45. The number of hydrogen-bond donors (Lipinski definition) is 2. The van der Waals surface area contributed by atoms with E-state index in [0.717, 1.165) is 22.0 Å². The topological polar surface area (TPSA) is 84.1 Å². The van der Waals surface area contributed by atoms with Crippen LogP contribution in [0.2, 0.25) is 5.02 Å². The number of furan rings is 1. The van der Waals surface area contributed by atoms with Crippen LogP contribution in [0.25, 0.3) is 10.9 Å². The molecule has 0 fully saturated rings. The van der Waals surface area contributed by atoms with Crippen LogP contribution in [0.15, 0.2) is 58.0 Å². The van der Waals surface area contributed by atoms with Crippen LogP contribution < -0.4 is 5.32 Å². The highest BCUT2D eigenvalue weighted by Crippen LogP contribution is 2.22. The van der Waals surface area contributed by atoms with Crippen LogP contribution >= 0.6 is 11.6 Å². The van der Waals surface area contributed by atoms with Gasteiger partial charge >= 0.3 is 0 Å². The number of nitrogens with one attached hydrogen (secondary N) is 2. The molecule has 4 aromatic rings. The Balaban J connectivity index is 1.35. The highest BCUT2D eigenvalue weighted by molar-refractivity contribution is 6.31. The monoisotopic (exact) mass is 369 g/mol. The molecule has 2 N–H and O–H groups in total. The first-order valence-corrected chi connectivity index (χ1v) is 8.57. The quantitative estimate of drug-likeness (QED) is 0.538. The molecule has 6 nitrogen and oxygen atoms in total. The summed E-state index contributed by atoms with van der Waals surface area (Å²) in [6.45, 7) is 0.488. The second kappa shape index (κ2) is 7.09. The van der Waals surface area contributed by atoms with Crippen molar-refractivity contribution in [3.63, 3.8) is 0 Å². The van der Waals surface area contributed by atoms with Gasteiger partial charge in [0.25, 0.3) is 5.91 Å². The number of rotatable bonds is 6. The number of carbonyl (C=O) groups excluding carboxylic acids is 1. The predicted octanol–water partition coefficient (Wildman–Crippen LogP) is 3.97. The van der Waals surface area contributed by atoms with E-state index in [1.807, 2.05) is 30.5 Å². The summed E-state index contributed by atoms with van der Waals surface area (Å²) in [7, 11) is 0. The zero-order valence-electron chi connectivity index (χ0n) is 13.8. The van der Waals surface area contributed by atoms with E-state index in [-0.39, 0.29) is 11.6 Å². The Bertz CT molecular complexity index is 1030. The normalized spacial score (nSPS) is 11.1. The first-order valence-electron chi connectivity index (χ1n) is 8.19. The van der Waals surface area contributed by atoms with Crippen molar-refractivity contribution in [3.05, 3.63) is 76.7 Å². The molecular formula is C19H16ClN3O3. The fourth-order valence-corrected chi connectivity index (χ4v) is 3.03. The number of aromatic nitrogens is 2. The van der Waals surface area contributed by atoms with Gasteiger partial charge in [-0.1, -0.05) is 16.8 Å². The fraction of sp³-hybridized carbons (Fsp3) is 0.158. The molecule has 1 aromatic carbocycles. The molecule has 0 aliphatic carbocycles. The van der Waals surface area contributed by atoms with Crippen LogP contribution in [0, 0.1) is 0 Å². The van der Waals surface area contributed by atoms with E-state index in [1.165, 1.54) is 0 Å². The Morgan fingerprint density at radius 1 is 1.27 bits per heavy atom. The Hall–Kier alpha value is -2.99. The lowest BCUT2D eigenvalue weighted by Gasteiger charge is -2.02. The minimum atomic E-state index is -0.259. The zero-order valence-corrected chi connectivity index (χ0v) is 14.5.